The van der Waals surface area contributed by atoms with Crippen LogP contribution in [-0.4, -0.2) is 24.3 Å². The van der Waals surface area contributed by atoms with Gasteiger partial charge in [-0.05, 0) is 46.5 Å². The number of hydrogen-bond donors (Lipinski definition) is 0. The summed E-state index contributed by atoms with van der Waals surface area (Å²) in [5.41, 5.74) is 10.3. The summed E-state index contributed by atoms with van der Waals surface area (Å²) >= 11 is 0. The normalized spacial score (nSPS) is 14.7. The smallest absolute Gasteiger partial charge is 0.165 e. The van der Waals surface area contributed by atoms with Gasteiger partial charge in [-0.2, -0.15) is 0 Å². The zero-order valence-corrected chi connectivity index (χ0v) is 26.5. The molecule has 5 heteroatoms. The topological polar surface area (TPSA) is 56.0 Å². The lowest BCUT2D eigenvalue weighted by molar-refractivity contribution is 0.841. The highest BCUT2D eigenvalue weighted by Crippen LogP contribution is 2.39. The van der Waals surface area contributed by atoms with E-state index in [2.05, 4.69) is 132 Å². The van der Waals surface area contributed by atoms with Crippen LogP contribution in [0.3, 0.4) is 0 Å². The van der Waals surface area contributed by atoms with Gasteiger partial charge in [-0.3, -0.25) is 4.40 Å². The van der Waals surface area contributed by atoms with E-state index < -0.39 is 0 Å². The van der Waals surface area contributed by atoms with Gasteiger partial charge in [-0.1, -0.05) is 133 Å². The summed E-state index contributed by atoms with van der Waals surface area (Å²) in [5.74, 6) is 0.857. The molecule has 4 aromatic heterocycles. The maximum atomic E-state index is 5.28. The van der Waals surface area contributed by atoms with Crippen LogP contribution in [0.2, 0.25) is 0 Å². The Morgan fingerprint density at radius 3 is 2.20 bits per heavy atom. The summed E-state index contributed by atoms with van der Waals surface area (Å²) in [5, 5.41) is 5.72. The summed E-state index contributed by atoms with van der Waals surface area (Å²) in [7, 11) is 0. The van der Waals surface area contributed by atoms with Crippen molar-refractivity contribution in [1.82, 2.24) is 24.3 Å². The molecule has 9 aromatic rings. The van der Waals surface area contributed by atoms with Crippen molar-refractivity contribution in [2.45, 2.75) is 12.3 Å². The maximum absolute atomic E-state index is 5.28. The van der Waals surface area contributed by atoms with Crippen molar-refractivity contribution >= 4 is 54.8 Å². The molecular weight excluding hydrogens is 599 g/mol. The standard InChI is InChI=1S/C44H29N5/c1-2-15-33-29(11-1)12-10-19-34(33)41-37-18-5-6-20-38(37)45-43(47-41)30-24-22-28(23-25-30)31-13-9-14-32(27-31)40-35-16-3-4-17-36(35)42-44(48-40)49-26-8-7-21-39(49)46-42/h1-26,32H,27H2. The SMILES string of the molecule is C1=CC(c2nc3c(nc4ccccn43)c3ccccc23)CC(c2ccc(-c3nc(-c4cccc5ccccc45)c4ccccc4n3)cc2)=C1. The van der Waals surface area contributed by atoms with Gasteiger partial charge in [0.2, 0.25) is 0 Å². The van der Waals surface area contributed by atoms with E-state index in [-0.39, 0.29) is 5.92 Å². The van der Waals surface area contributed by atoms with Gasteiger partial charge in [0.05, 0.1) is 16.9 Å². The molecule has 5 aromatic carbocycles. The second kappa shape index (κ2) is 11.1. The fourth-order valence-electron chi connectivity index (χ4n) is 7.40. The number of allylic oxidation sites excluding steroid dienone is 4. The van der Waals surface area contributed by atoms with E-state index in [1.54, 1.807) is 0 Å². The molecule has 0 fully saturated rings. The van der Waals surface area contributed by atoms with Gasteiger partial charge in [0.1, 0.15) is 11.2 Å². The molecule has 0 saturated heterocycles. The highest BCUT2D eigenvalue weighted by Gasteiger charge is 2.22. The van der Waals surface area contributed by atoms with Gasteiger partial charge in [0.15, 0.2) is 11.5 Å². The Morgan fingerprint density at radius 1 is 0.571 bits per heavy atom. The lowest BCUT2D eigenvalue weighted by Gasteiger charge is -2.20. The van der Waals surface area contributed by atoms with Crippen LogP contribution in [0.5, 0.6) is 0 Å². The molecule has 1 unspecified atom stereocenters. The molecule has 0 amide bonds. The molecule has 0 bridgehead atoms. The van der Waals surface area contributed by atoms with E-state index in [0.717, 1.165) is 73.2 Å². The quantitative estimate of drug-likeness (QED) is 0.195. The first-order chi connectivity index (χ1) is 24.3. The van der Waals surface area contributed by atoms with Crippen molar-refractivity contribution in [3.05, 3.63) is 169 Å². The molecule has 230 valence electrons. The minimum absolute atomic E-state index is 0.135. The minimum atomic E-state index is 0.135. The van der Waals surface area contributed by atoms with Crippen molar-refractivity contribution in [1.29, 1.82) is 0 Å². The third-order valence-electron chi connectivity index (χ3n) is 9.78. The van der Waals surface area contributed by atoms with E-state index in [0.29, 0.717) is 0 Å². The second-order valence-corrected chi connectivity index (χ2v) is 12.7. The summed E-state index contributed by atoms with van der Waals surface area (Å²) in [6.45, 7) is 0. The fraction of sp³-hybridized carbons (Fsp3) is 0.0455. The highest BCUT2D eigenvalue weighted by molar-refractivity contribution is 6.06. The van der Waals surface area contributed by atoms with Crippen LogP contribution in [0, 0.1) is 0 Å². The summed E-state index contributed by atoms with van der Waals surface area (Å²) in [4.78, 5) is 20.4. The minimum Gasteiger partial charge on any atom is -0.284 e. The van der Waals surface area contributed by atoms with Crippen molar-refractivity contribution in [3.63, 3.8) is 0 Å². The molecule has 5 nitrogen and oxygen atoms in total. The average Bonchev–Trinajstić information content (AvgIpc) is 3.56. The zero-order valence-electron chi connectivity index (χ0n) is 26.5. The average molecular weight is 628 g/mol. The van der Waals surface area contributed by atoms with E-state index in [1.807, 2.05) is 30.5 Å². The number of hydrogen-bond acceptors (Lipinski definition) is 4. The van der Waals surface area contributed by atoms with Gasteiger partial charge in [-0.15, -0.1) is 0 Å². The Labute approximate surface area is 282 Å². The van der Waals surface area contributed by atoms with Gasteiger partial charge < -0.3 is 0 Å². The van der Waals surface area contributed by atoms with E-state index in [4.69, 9.17) is 19.9 Å². The fourth-order valence-corrected chi connectivity index (χ4v) is 7.40. The molecule has 0 aliphatic heterocycles. The largest absolute Gasteiger partial charge is 0.284 e. The summed E-state index contributed by atoms with van der Waals surface area (Å²) in [6.07, 6.45) is 9.58. The molecule has 1 atom stereocenters. The summed E-state index contributed by atoms with van der Waals surface area (Å²) < 4.78 is 2.09. The summed E-state index contributed by atoms with van der Waals surface area (Å²) in [6, 6.07) is 46.5. The zero-order chi connectivity index (χ0) is 32.3. The number of fused-ring (bicyclic) bond motifs is 7. The first kappa shape index (κ1) is 27.6. The molecule has 0 saturated carbocycles. The van der Waals surface area contributed by atoms with E-state index in [1.165, 1.54) is 21.9 Å². The number of imidazole rings is 1. The molecule has 0 spiro atoms. The van der Waals surface area contributed by atoms with E-state index in [9.17, 15) is 0 Å². The predicted octanol–water partition coefficient (Wildman–Crippen LogP) is 10.6. The number of aromatic nitrogens is 5. The molecule has 4 heterocycles. The van der Waals surface area contributed by atoms with E-state index >= 15 is 0 Å². The van der Waals surface area contributed by atoms with Crippen LogP contribution >= 0.6 is 0 Å². The van der Waals surface area contributed by atoms with Crippen molar-refractivity contribution < 1.29 is 0 Å². The molecular formula is C44H29N5. The first-order valence-electron chi connectivity index (χ1n) is 16.7. The first-order valence-corrected chi connectivity index (χ1v) is 16.7. The number of rotatable bonds is 4. The third kappa shape index (κ3) is 4.54. The number of benzene rings is 5. The van der Waals surface area contributed by atoms with Crippen molar-refractivity contribution in [2.24, 2.45) is 0 Å². The Kier molecular flexibility index (Phi) is 6.24. The van der Waals surface area contributed by atoms with Gasteiger partial charge in [0, 0.05) is 39.4 Å². The monoisotopic (exact) mass is 627 g/mol. The molecule has 1 aliphatic carbocycles. The number of nitrogens with zero attached hydrogens (tertiary/aromatic N) is 5. The molecule has 49 heavy (non-hydrogen) atoms. The lowest BCUT2D eigenvalue weighted by atomic mass is 9.86. The molecule has 10 rings (SSSR count). The van der Waals surface area contributed by atoms with Crippen LogP contribution in [0.4, 0.5) is 0 Å². The van der Waals surface area contributed by atoms with Crippen LogP contribution in [-0.2, 0) is 0 Å². The number of para-hydroxylation sites is 1. The van der Waals surface area contributed by atoms with Gasteiger partial charge >= 0.3 is 0 Å². The Bertz CT molecular complexity index is 2800. The van der Waals surface area contributed by atoms with Crippen LogP contribution in [0.25, 0.3) is 77.5 Å². The number of pyridine rings is 2. The second-order valence-electron chi connectivity index (χ2n) is 12.7. The predicted molar refractivity (Wildman–Crippen MR) is 200 cm³/mol. The Morgan fingerprint density at radius 2 is 1.31 bits per heavy atom. The molecule has 0 radical (unpaired) electrons. The van der Waals surface area contributed by atoms with Gasteiger partial charge in [-0.25, -0.2) is 19.9 Å². The van der Waals surface area contributed by atoms with Gasteiger partial charge in [0.25, 0.3) is 0 Å². The van der Waals surface area contributed by atoms with Crippen molar-refractivity contribution in [3.8, 4) is 22.6 Å². The molecule has 0 N–H and O–H groups in total. The van der Waals surface area contributed by atoms with Crippen molar-refractivity contribution in [2.75, 3.05) is 0 Å². The van der Waals surface area contributed by atoms with Crippen LogP contribution in [0.1, 0.15) is 23.6 Å². The maximum Gasteiger partial charge on any atom is 0.165 e. The molecule has 1 aliphatic rings. The third-order valence-corrected chi connectivity index (χ3v) is 9.78. The Balaban J connectivity index is 1.02. The van der Waals surface area contributed by atoms with Crippen LogP contribution < -0.4 is 0 Å². The van der Waals surface area contributed by atoms with Crippen LogP contribution in [0.15, 0.2) is 158 Å². The lowest BCUT2D eigenvalue weighted by Crippen LogP contribution is -2.05. The highest BCUT2D eigenvalue weighted by atomic mass is 15.1. The Hall–Kier alpha value is -6.46.